The Morgan fingerprint density at radius 1 is 1.28 bits per heavy atom. The highest BCUT2D eigenvalue weighted by molar-refractivity contribution is 5.91. The first kappa shape index (κ1) is 15.0. The van der Waals surface area contributed by atoms with Gasteiger partial charge in [-0.1, -0.05) is 13.8 Å². The van der Waals surface area contributed by atoms with Crippen LogP contribution in [0.2, 0.25) is 0 Å². The molecule has 3 N–H and O–H groups in total. The quantitative estimate of drug-likeness (QED) is 0.756. The van der Waals surface area contributed by atoms with Gasteiger partial charge in [-0.15, -0.1) is 0 Å². The molecule has 1 rings (SSSR count). The Kier molecular flexibility index (Phi) is 5.14. The van der Waals surface area contributed by atoms with E-state index in [4.69, 9.17) is 5.73 Å². The molecule has 1 unspecified atom stereocenters. The smallest absolute Gasteiger partial charge is 0.244 e. The average molecular weight is 255 g/mol. The van der Waals surface area contributed by atoms with E-state index >= 15 is 0 Å². The standard InChI is InChI=1S/C13H25N3O2/c1-4-13(14,5-2)12(18)15-10(3)11(17)16-8-6-7-9-16/h10H,4-9,14H2,1-3H3,(H,15,18). The minimum absolute atomic E-state index is 0.00425. The number of rotatable bonds is 5. The van der Waals surface area contributed by atoms with E-state index in [0.29, 0.717) is 12.8 Å². The Bertz CT molecular complexity index is 307. The molecule has 1 fully saturated rings. The molecule has 0 aliphatic carbocycles. The second-order valence-electron chi connectivity index (χ2n) is 5.09. The van der Waals surface area contributed by atoms with Crippen LogP contribution in [-0.4, -0.2) is 41.4 Å². The summed E-state index contributed by atoms with van der Waals surface area (Å²) in [5.74, 6) is -0.233. The van der Waals surface area contributed by atoms with Gasteiger partial charge < -0.3 is 16.0 Å². The molecule has 5 heteroatoms. The molecule has 0 spiro atoms. The molecule has 2 amide bonds. The first-order valence-corrected chi connectivity index (χ1v) is 6.83. The monoisotopic (exact) mass is 255 g/mol. The third kappa shape index (κ3) is 3.22. The summed E-state index contributed by atoms with van der Waals surface area (Å²) in [5.41, 5.74) is 5.14. The highest BCUT2D eigenvalue weighted by Crippen LogP contribution is 2.13. The average Bonchev–Trinajstić information content (AvgIpc) is 2.90. The first-order chi connectivity index (χ1) is 8.44. The number of nitrogens with one attached hydrogen (secondary N) is 1. The van der Waals surface area contributed by atoms with Crippen LogP contribution in [0.15, 0.2) is 0 Å². The molecule has 0 aromatic heterocycles. The Labute approximate surface area is 109 Å². The van der Waals surface area contributed by atoms with Crippen LogP contribution in [0.4, 0.5) is 0 Å². The fourth-order valence-corrected chi connectivity index (χ4v) is 2.18. The number of hydrogen-bond donors (Lipinski definition) is 2. The third-order valence-electron chi connectivity index (χ3n) is 3.85. The molecule has 1 saturated heterocycles. The number of hydrogen-bond acceptors (Lipinski definition) is 3. The summed E-state index contributed by atoms with van der Waals surface area (Å²) in [6.45, 7) is 7.10. The van der Waals surface area contributed by atoms with Gasteiger partial charge in [-0.3, -0.25) is 9.59 Å². The summed E-state index contributed by atoms with van der Waals surface area (Å²) in [7, 11) is 0. The van der Waals surface area contributed by atoms with E-state index < -0.39 is 11.6 Å². The number of carbonyl (C=O) groups is 2. The fourth-order valence-electron chi connectivity index (χ4n) is 2.18. The highest BCUT2D eigenvalue weighted by Gasteiger charge is 2.33. The van der Waals surface area contributed by atoms with Gasteiger partial charge in [0.15, 0.2) is 0 Å². The highest BCUT2D eigenvalue weighted by atomic mass is 16.2. The number of nitrogens with zero attached hydrogens (tertiary/aromatic N) is 1. The Morgan fingerprint density at radius 2 is 1.78 bits per heavy atom. The summed E-state index contributed by atoms with van der Waals surface area (Å²) in [4.78, 5) is 25.9. The van der Waals surface area contributed by atoms with Crippen molar-refractivity contribution in [3.05, 3.63) is 0 Å². The van der Waals surface area contributed by atoms with Crippen molar-refractivity contribution in [1.29, 1.82) is 0 Å². The number of nitrogens with two attached hydrogens (primary N) is 1. The second kappa shape index (κ2) is 6.18. The minimum Gasteiger partial charge on any atom is -0.343 e. The Morgan fingerprint density at radius 3 is 2.22 bits per heavy atom. The van der Waals surface area contributed by atoms with Gasteiger partial charge in [0.1, 0.15) is 6.04 Å². The summed E-state index contributed by atoms with van der Waals surface area (Å²) >= 11 is 0. The SMILES string of the molecule is CCC(N)(CC)C(=O)NC(C)C(=O)N1CCCC1. The third-order valence-corrected chi connectivity index (χ3v) is 3.85. The van der Waals surface area contributed by atoms with Crippen molar-refractivity contribution in [2.75, 3.05) is 13.1 Å². The number of likely N-dealkylation sites (tertiary alicyclic amines) is 1. The summed E-state index contributed by atoms with van der Waals surface area (Å²) in [5, 5.41) is 2.74. The van der Waals surface area contributed by atoms with Gasteiger partial charge in [-0.2, -0.15) is 0 Å². The van der Waals surface area contributed by atoms with Gasteiger partial charge in [0.2, 0.25) is 11.8 Å². The number of carbonyl (C=O) groups excluding carboxylic acids is 2. The van der Waals surface area contributed by atoms with E-state index in [9.17, 15) is 9.59 Å². The maximum absolute atomic E-state index is 12.1. The molecule has 18 heavy (non-hydrogen) atoms. The molecule has 0 saturated carbocycles. The van der Waals surface area contributed by atoms with Gasteiger partial charge in [0.05, 0.1) is 5.54 Å². The second-order valence-corrected chi connectivity index (χ2v) is 5.09. The van der Waals surface area contributed by atoms with Crippen molar-refractivity contribution in [1.82, 2.24) is 10.2 Å². The van der Waals surface area contributed by atoms with Gasteiger partial charge >= 0.3 is 0 Å². The maximum Gasteiger partial charge on any atom is 0.244 e. The predicted octanol–water partition coefficient (Wildman–Crippen LogP) is 0.631. The van der Waals surface area contributed by atoms with Crippen LogP contribution in [0.3, 0.4) is 0 Å². The Balaban J connectivity index is 2.55. The van der Waals surface area contributed by atoms with Crippen molar-refractivity contribution in [3.8, 4) is 0 Å². The van der Waals surface area contributed by atoms with Crippen molar-refractivity contribution in [2.45, 2.75) is 58.0 Å². The van der Waals surface area contributed by atoms with Crippen LogP contribution in [0.5, 0.6) is 0 Å². The lowest BCUT2D eigenvalue weighted by Gasteiger charge is -2.28. The molecule has 1 aliphatic heterocycles. The summed E-state index contributed by atoms with van der Waals surface area (Å²) < 4.78 is 0. The summed E-state index contributed by atoms with van der Waals surface area (Å²) in [6.07, 6.45) is 3.24. The fraction of sp³-hybridized carbons (Fsp3) is 0.846. The first-order valence-electron chi connectivity index (χ1n) is 6.83. The van der Waals surface area contributed by atoms with Gasteiger partial charge in [0.25, 0.3) is 0 Å². The van der Waals surface area contributed by atoms with Crippen LogP contribution >= 0.6 is 0 Å². The predicted molar refractivity (Wildman–Crippen MR) is 70.9 cm³/mol. The molecule has 1 aliphatic rings. The van der Waals surface area contributed by atoms with E-state index in [1.807, 2.05) is 13.8 Å². The molecule has 5 nitrogen and oxygen atoms in total. The van der Waals surface area contributed by atoms with Crippen molar-refractivity contribution in [2.24, 2.45) is 5.73 Å². The molecular formula is C13H25N3O2. The molecule has 0 radical (unpaired) electrons. The lowest BCUT2D eigenvalue weighted by molar-refractivity contribution is -0.136. The van der Waals surface area contributed by atoms with Crippen LogP contribution in [0.25, 0.3) is 0 Å². The van der Waals surface area contributed by atoms with E-state index in [1.165, 1.54) is 0 Å². The zero-order chi connectivity index (χ0) is 13.8. The molecule has 0 aromatic carbocycles. The van der Waals surface area contributed by atoms with Crippen molar-refractivity contribution in [3.63, 3.8) is 0 Å². The lowest BCUT2D eigenvalue weighted by atomic mass is 9.93. The number of amides is 2. The molecule has 104 valence electrons. The van der Waals surface area contributed by atoms with Crippen LogP contribution in [-0.2, 0) is 9.59 Å². The van der Waals surface area contributed by atoms with E-state index in [0.717, 1.165) is 25.9 Å². The van der Waals surface area contributed by atoms with Crippen LogP contribution in [0.1, 0.15) is 46.5 Å². The zero-order valence-electron chi connectivity index (χ0n) is 11.7. The summed E-state index contributed by atoms with van der Waals surface area (Å²) in [6, 6.07) is -0.489. The normalized spacial score (nSPS) is 17.7. The van der Waals surface area contributed by atoms with Gasteiger partial charge in [0, 0.05) is 13.1 Å². The van der Waals surface area contributed by atoms with Gasteiger partial charge in [-0.25, -0.2) is 0 Å². The minimum atomic E-state index is -0.862. The Hall–Kier alpha value is -1.10. The topological polar surface area (TPSA) is 75.4 Å². The molecule has 1 heterocycles. The zero-order valence-corrected chi connectivity index (χ0v) is 11.7. The van der Waals surface area contributed by atoms with Crippen LogP contribution < -0.4 is 11.1 Å². The van der Waals surface area contributed by atoms with E-state index in [-0.39, 0.29) is 11.8 Å². The van der Waals surface area contributed by atoms with Crippen LogP contribution in [0, 0.1) is 0 Å². The van der Waals surface area contributed by atoms with Crippen molar-refractivity contribution >= 4 is 11.8 Å². The van der Waals surface area contributed by atoms with E-state index in [2.05, 4.69) is 5.32 Å². The van der Waals surface area contributed by atoms with Crippen molar-refractivity contribution < 1.29 is 9.59 Å². The maximum atomic E-state index is 12.1. The van der Waals surface area contributed by atoms with Gasteiger partial charge in [-0.05, 0) is 32.6 Å². The molecule has 1 atom stereocenters. The molecular weight excluding hydrogens is 230 g/mol. The largest absolute Gasteiger partial charge is 0.343 e. The molecule has 0 bridgehead atoms. The van der Waals surface area contributed by atoms with E-state index in [1.54, 1.807) is 11.8 Å². The lowest BCUT2D eigenvalue weighted by Crippen LogP contribution is -2.57. The molecule has 0 aromatic rings.